The Bertz CT molecular complexity index is 1810. The molecule has 0 fully saturated rings. The van der Waals surface area contributed by atoms with Crippen molar-refractivity contribution < 1.29 is 0 Å². The molecule has 0 radical (unpaired) electrons. The lowest BCUT2D eigenvalue weighted by Gasteiger charge is -2.12. The number of fused-ring (bicyclic) bond motifs is 9. The highest BCUT2D eigenvalue weighted by molar-refractivity contribution is 6.25. The zero-order valence-electron chi connectivity index (χ0n) is 17.5. The van der Waals surface area contributed by atoms with Gasteiger partial charge in [0.15, 0.2) is 0 Å². The Kier molecular flexibility index (Phi) is 3.65. The molecule has 0 atom stereocenters. The summed E-state index contributed by atoms with van der Waals surface area (Å²) in [5.74, 6) is 0. The maximum absolute atomic E-state index is 2.31. The monoisotopic (exact) mass is 404 g/mol. The zero-order valence-corrected chi connectivity index (χ0v) is 17.5. The first-order valence-corrected chi connectivity index (χ1v) is 11.1. The molecule has 0 amide bonds. The van der Waals surface area contributed by atoms with E-state index in [1.54, 1.807) is 0 Å². The lowest BCUT2D eigenvalue weighted by Crippen LogP contribution is -1.85. The Labute approximate surface area is 186 Å². The van der Waals surface area contributed by atoms with Gasteiger partial charge in [0.1, 0.15) is 0 Å². The lowest BCUT2D eigenvalue weighted by atomic mass is 9.92. The fourth-order valence-corrected chi connectivity index (χ4v) is 5.27. The van der Waals surface area contributed by atoms with Crippen LogP contribution >= 0.6 is 0 Å². The summed E-state index contributed by atoms with van der Waals surface area (Å²) in [5, 5.41) is 13.1. The quantitative estimate of drug-likeness (QED) is 0.239. The average molecular weight is 405 g/mol. The first-order chi connectivity index (χ1) is 15.9. The standard InChI is InChI=1S/C32H20/c1-2-6-21(7-3-1)23-11-13-26-24(20-23)12-15-30-28(26)17-19-31-29-14-10-22-8-4-5-9-25(22)27(29)16-18-32(30)31/h1-20H. The van der Waals surface area contributed by atoms with Gasteiger partial charge >= 0.3 is 0 Å². The minimum atomic E-state index is 1.26. The molecule has 0 aliphatic rings. The summed E-state index contributed by atoms with van der Waals surface area (Å²) in [6, 6.07) is 44.4. The van der Waals surface area contributed by atoms with Gasteiger partial charge in [0.05, 0.1) is 0 Å². The van der Waals surface area contributed by atoms with E-state index < -0.39 is 0 Å². The highest BCUT2D eigenvalue weighted by atomic mass is 14.1. The first kappa shape index (κ1) is 17.5. The third kappa shape index (κ3) is 2.50. The predicted octanol–water partition coefficient (Wildman–Crippen LogP) is 9.12. The molecule has 0 heteroatoms. The van der Waals surface area contributed by atoms with Crippen molar-refractivity contribution >= 4 is 53.9 Å². The molecule has 0 aliphatic carbocycles. The molecule has 32 heavy (non-hydrogen) atoms. The van der Waals surface area contributed by atoms with Gasteiger partial charge in [-0.25, -0.2) is 0 Å². The van der Waals surface area contributed by atoms with Crippen molar-refractivity contribution in [2.45, 2.75) is 0 Å². The van der Waals surface area contributed by atoms with Gasteiger partial charge in [0, 0.05) is 0 Å². The maximum atomic E-state index is 2.31. The third-order valence-electron chi connectivity index (χ3n) is 6.84. The first-order valence-electron chi connectivity index (χ1n) is 11.1. The van der Waals surface area contributed by atoms with Gasteiger partial charge in [0.25, 0.3) is 0 Å². The molecule has 0 nitrogen and oxygen atoms in total. The van der Waals surface area contributed by atoms with Crippen LogP contribution in [0.2, 0.25) is 0 Å². The van der Waals surface area contributed by atoms with E-state index in [1.807, 2.05) is 0 Å². The fourth-order valence-electron chi connectivity index (χ4n) is 5.27. The van der Waals surface area contributed by atoms with E-state index in [0.717, 1.165) is 0 Å². The van der Waals surface area contributed by atoms with E-state index >= 15 is 0 Å². The SMILES string of the molecule is c1ccc(-c2ccc3c(ccc4c3ccc3c5ccc6ccccc6c5ccc43)c2)cc1. The van der Waals surface area contributed by atoms with Crippen LogP contribution in [0.25, 0.3) is 65.0 Å². The van der Waals surface area contributed by atoms with E-state index in [0.29, 0.717) is 0 Å². The molecule has 0 saturated carbocycles. The molecular formula is C32H20. The van der Waals surface area contributed by atoms with Gasteiger partial charge < -0.3 is 0 Å². The second kappa shape index (κ2) is 6.67. The predicted molar refractivity (Wildman–Crippen MR) is 139 cm³/mol. The summed E-state index contributed by atoms with van der Waals surface area (Å²) < 4.78 is 0. The molecule has 148 valence electrons. The van der Waals surface area contributed by atoms with E-state index in [9.17, 15) is 0 Å². The Morgan fingerprint density at radius 2 is 0.719 bits per heavy atom. The van der Waals surface area contributed by atoms with Gasteiger partial charge in [-0.15, -0.1) is 0 Å². The summed E-state index contributed by atoms with van der Waals surface area (Å²) in [5.41, 5.74) is 2.52. The van der Waals surface area contributed by atoms with Crippen LogP contribution in [0.3, 0.4) is 0 Å². The fraction of sp³-hybridized carbons (Fsp3) is 0. The number of hydrogen-bond acceptors (Lipinski definition) is 0. The van der Waals surface area contributed by atoms with Crippen molar-refractivity contribution in [2.24, 2.45) is 0 Å². The van der Waals surface area contributed by atoms with Crippen LogP contribution in [0.5, 0.6) is 0 Å². The van der Waals surface area contributed by atoms with Crippen molar-refractivity contribution in [2.75, 3.05) is 0 Å². The van der Waals surface area contributed by atoms with Crippen LogP contribution in [0.1, 0.15) is 0 Å². The second-order valence-electron chi connectivity index (χ2n) is 8.57. The van der Waals surface area contributed by atoms with E-state index in [-0.39, 0.29) is 0 Å². The molecule has 0 spiro atoms. The van der Waals surface area contributed by atoms with Crippen LogP contribution in [0, 0.1) is 0 Å². The van der Waals surface area contributed by atoms with Crippen molar-refractivity contribution in [1.29, 1.82) is 0 Å². The maximum Gasteiger partial charge on any atom is -0.00987 e. The van der Waals surface area contributed by atoms with Gasteiger partial charge in [-0.05, 0) is 71.1 Å². The number of benzene rings is 7. The molecule has 0 N–H and O–H groups in total. The molecule has 0 bridgehead atoms. The van der Waals surface area contributed by atoms with Crippen LogP contribution in [-0.2, 0) is 0 Å². The van der Waals surface area contributed by atoms with Crippen molar-refractivity contribution in [3.8, 4) is 11.1 Å². The third-order valence-corrected chi connectivity index (χ3v) is 6.84. The summed E-state index contributed by atoms with van der Waals surface area (Å²) in [6.45, 7) is 0. The van der Waals surface area contributed by atoms with E-state index in [4.69, 9.17) is 0 Å². The summed E-state index contributed by atoms with van der Waals surface area (Å²) in [7, 11) is 0. The highest BCUT2D eigenvalue weighted by Gasteiger charge is 2.09. The molecule has 7 aromatic carbocycles. The van der Waals surface area contributed by atoms with Gasteiger partial charge in [-0.3, -0.25) is 0 Å². The van der Waals surface area contributed by atoms with Gasteiger partial charge in [0.2, 0.25) is 0 Å². The average Bonchev–Trinajstić information content (AvgIpc) is 2.88. The summed E-state index contributed by atoms with van der Waals surface area (Å²) >= 11 is 0. The Hall–Kier alpha value is -4.16. The molecule has 7 aromatic rings. The van der Waals surface area contributed by atoms with Crippen LogP contribution in [0.4, 0.5) is 0 Å². The molecule has 7 rings (SSSR count). The van der Waals surface area contributed by atoms with Crippen molar-refractivity contribution in [3.63, 3.8) is 0 Å². The van der Waals surface area contributed by atoms with Crippen LogP contribution in [0.15, 0.2) is 121 Å². The highest BCUT2D eigenvalue weighted by Crippen LogP contribution is 2.37. The minimum absolute atomic E-state index is 1.26. The summed E-state index contributed by atoms with van der Waals surface area (Å²) in [6.07, 6.45) is 0. The molecule has 0 aromatic heterocycles. The number of hydrogen-bond donors (Lipinski definition) is 0. The molecule has 0 heterocycles. The molecular weight excluding hydrogens is 384 g/mol. The second-order valence-corrected chi connectivity index (χ2v) is 8.57. The molecule has 0 saturated heterocycles. The summed E-state index contributed by atoms with van der Waals surface area (Å²) in [4.78, 5) is 0. The Morgan fingerprint density at radius 1 is 0.250 bits per heavy atom. The number of rotatable bonds is 1. The van der Waals surface area contributed by atoms with Crippen molar-refractivity contribution in [1.82, 2.24) is 0 Å². The van der Waals surface area contributed by atoms with Crippen LogP contribution in [-0.4, -0.2) is 0 Å². The van der Waals surface area contributed by atoms with Crippen molar-refractivity contribution in [3.05, 3.63) is 121 Å². The Balaban J connectivity index is 1.51. The largest absolute Gasteiger partial charge is 0.0622 e. The normalized spacial score (nSPS) is 11.8. The Morgan fingerprint density at radius 3 is 1.41 bits per heavy atom. The van der Waals surface area contributed by atoms with E-state index in [2.05, 4.69) is 121 Å². The smallest absolute Gasteiger partial charge is 0.00987 e. The lowest BCUT2D eigenvalue weighted by molar-refractivity contribution is 1.65. The van der Waals surface area contributed by atoms with Crippen LogP contribution < -0.4 is 0 Å². The molecule has 0 aliphatic heterocycles. The van der Waals surface area contributed by atoms with E-state index in [1.165, 1.54) is 65.0 Å². The zero-order chi connectivity index (χ0) is 21.1. The van der Waals surface area contributed by atoms with Gasteiger partial charge in [-0.1, -0.05) is 115 Å². The topological polar surface area (TPSA) is 0 Å². The molecule has 0 unspecified atom stereocenters. The minimum Gasteiger partial charge on any atom is -0.0622 e. The van der Waals surface area contributed by atoms with Gasteiger partial charge in [-0.2, -0.15) is 0 Å².